The van der Waals surface area contributed by atoms with Crippen molar-refractivity contribution in [1.29, 1.82) is 0 Å². The van der Waals surface area contributed by atoms with E-state index in [1.807, 2.05) is 24.3 Å². The van der Waals surface area contributed by atoms with Gasteiger partial charge in [0.2, 0.25) is 0 Å². The third kappa shape index (κ3) is 3.42. The zero-order chi connectivity index (χ0) is 17.1. The Morgan fingerprint density at radius 1 is 1.25 bits per heavy atom. The molecule has 1 heterocycles. The molecule has 0 aliphatic carbocycles. The summed E-state index contributed by atoms with van der Waals surface area (Å²) in [6, 6.07) is 12.8. The van der Waals surface area contributed by atoms with Crippen molar-refractivity contribution in [1.82, 2.24) is 15.4 Å². The molecule has 6 nitrogen and oxygen atoms in total. The van der Waals surface area contributed by atoms with Crippen LogP contribution in [0.2, 0.25) is 5.02 Å². The van der Waals surface area contributed by atoms with Gasteiger partial charge in [-0.2, -0.15) is 15.4 Å². The number of aromatic amines is 1. The molecule has 0 radical (unpaired) electrons. The molecule has 0 spiro atoms. The van der Waals surface area contributed by atoms with Gasteiger partial charge in [-0.1, -0.05) is 45.7 Å². The van der Waals surface area contributed by atoms with E-state index in [4.69, 9.17) is 22.1 Å². The number of amides is 1. The van der Waals surface area contributed by atoms with Crippen LogP contribution in [-0.4, -0.2) is 21.3 Å². The van der Waals surface area contributed by atoms with Crippen molar-refractivity contribution in [3.05, 3.63) is 63.2 Å². The maximum atomic E-state index is 11.5. The predicted octanol–water partition coefficient (Wildman–Crippen LogP) is 3.57. The molecule has 1 amide bonds. The lowest BCUT2D eigenvalue weighted by Gasteiger charge is -2.12. The minimum absolute atomic E-state index is 0.0516. The van der Waals surface area contributed by atoms with Crippen LogP contribution in [0, 0.1) is 0 Å². The van der Waals surface area contributed by atoms with Crippen LogP contribution in [-0.2, 0) is 6.61 Å². The molecule has 3 N–H and O–H groups in total. The van der Waals surface area contributed by atoms with E-state index in [1.165, 1.54) is 0 Å². The minimum atomic E-state index is -0.671. The number of hydrogen-bond donors (Lipinski definition) is 2. The summed E-state index contributed by atoms with van der Waals surface area (Å²) >= 11 is 9.55. The van der Waals surface area contributed by atoms with Crippen molar-refractivity contribution < 1.29 is 9.53 Å². The van der Waals surface area contributed by atoms with E-state index in [-0.39, 0.29) is 12.3 Å². The summed E-state index contributed by atoms with van der Waals surface area (Å²) in [5, 5.41) is 10.8. The SMILES string of the molecule is NC(=O)c1n[nH]nc1-c1cc(Br)ccc1OCc1ccccc1Cl. The maximum absolute atomic E-state index is 11.5. The number of halogens is 2. The summed E-state index contributed by atoms with van der Waals surface area (Å²) in [5.74, 6) is -0.134. The van der Waals surface area contributed by atoms with Crippen LogP contribution in [0.4, 0.5) is 0 Å². The van der Waals surface area contributed by atoms with Crippen molar-refractivity contribution in [2.75, 3.05) is 0 Å². The first kappa shape index (κ1) is 16.5. The fraction of sp³-hybridized carbons (Fsp3) is 0.0625. The molecule has 0 atom stereocenters. The quantitative estimate of drug-likeness (QED) is 0.676. The fourth-order valence-electron chi connectivity index (χ4n) is 2.17. The molecular weight excluding hydrogens is 396 g/mol. The largest absolute Gasteiger partial charge is 0.488 e. The first-order valence-corrected chi connectivity index (χ1v) is 8.10. The second-order valence-corrected chi connectivity index (χ2v) is 6.23. The van der Waals surface area contributed by atoms with Crippen LogP contribution < -0.4 is 10.5 Å². The van der Waals surface area contributed by atoms with Gasteiger partial charge in [-0.3, -0.25) is 4.79 Å². The molecule has 24 heavy (non-hydrogen) atoms. The van der Waals surface area contributed by atoms with Crippen LogP contribution in [0.5, 0.6) is 5.75 Å². The molecule has 0 fully saturated rings. The molecule has 0 aliphatic rings. The fourth-order valence-corrected chi connectivity index (χ4v) is 2.73. The Morgan fingerprint density at radius 2 is 2.04 bits per heavy atom. The van der Waals surface area contributed by atoms with E-state index in [1.54, 1.807) is 18.2 Å². The van der Waals surface area contributed by atoms with E-state index in [9.17, 15) is 4.79 Å². The third-order valence-electron chi connectivity index (χ3n) is 3.32. The average Bonchev–Trinajstić information content (AvgIpc) is 3.04. The number of ether oxygens (including phenoxy) is 1. The summed E-state index contributed by atoms with van der Waals surface area (Å²) in [7, 11) is 0. The number of aromatic nitrogens is 3. The Balaban J connectivity index is 1.96. The predicted molar refractivity (Wildman–Crippen MR) is 93.8 cm³/mol. The van der Waals surface area contributed by atoms with Gasteiger partial charge in [0.15, 0.2) is 5.69 Å². The van der Waals surface area contributed by atoms with Gasteiger partial charge >= 0.3 is 0 Å². The van der Waals surface area contributed by atoms with E-state index in [2.05, 4.69) is 31.3 Å². The van der Waals surface area contributed by atoms with Crippen molar-refractivity contribution in [2.24, 2.45) is 5.73 Å². The molecule has 0 unspecified atom stereocenters. The van der Waals surface area contributed by atoms with Crippen molar-refractivity contribution in [3.63, 3.8) is 0 Å². The van der Waals surface area contributed by atoms with Crippen molar-refractivity contribution >= 4 is 33.4 Å². The second-order valence-electron chi connectivity index (χ2n) is 4.91. The number of primary amides is 1. The van der Waals surface area contributed by atoms with Crippen LogP contribution >= 0.6 is 27.5 Å². The summed E-state index contributed by atoms with van der Waals surface area (Å²) in [5.41, 5.74) is 7.17. The molecule has 0 aliphatic heterocycles. The monoisotopic (exact) mass is 406 g/mol. The molecule has 0 saturated heterocycles. The molecule has 122 valence electrons. The first-order chi connectivity index (χ1) is 11.6. The van der Waals surface area contributed by atoms with Gasteiger partial charge in [0.05, 0.1) is 0 Å². The van der Waals surface area contributed by atoms with Gasteiger partial charge in [-0.15, -0.1) is 0 Å². The lowest BCUT2D eigenvalue weighted by molar-refractivity contribution is 0.0996. The Kier molecular flexibility index (Phi) is 4.82. The summed E-state index contributed by atoms with van der Waals surface area (Å²) in [4.78, 5) is 11.5. The normalized spacial score (nSPS) is 10.6. The standard InChI is InChI=1S/C16H12BrClN4O2/c17-10-5-6-13(24-8-9-3-1-2-4-12(9)18)11(7-10)14-15(16(19)23)21-22-20-14/h1-7H,8H2,(H2,19,23)(H,20,21,22). The van der Waals surface area contributed by atoms with E-state index in [0.717, 1.165) is 10.0 Å². The summed E-state index contributed by atoms with van der Waals surface area (Å²) in [6.07, 6.45) is 0. The Labute approximate surface area is 151 Å². The Morgan fingerprint density at radius 3 is 2.79 bits per heavy atom. The molecule has 0 bridgehead atoms. The highest BCUT2D eigenvalue weighted by Gasteiger charge is 2.19. The molecule has 3 aromatic rings. The number of carbonyl (C=O) groups is 1. The van der Waals surface area contributed by atoms with Gasteiger partial charge in [0, 0.05) is 20.6 Å². The van der Waals surface area contributed by atoms with Gasteiger partial charge < -0.3 is 10.5 Å². The Hall–Kier alpha value is -2.38. The lowest BCUT2D eigenvalue weighted by Crippen LogP contribution is -2.13. The second kappa shape index (κ2) is 7.02. The molecule has 3 rings (SSSR count). The lowest BCUT2D eigenvalue weighted by atomic mass is 10.1. The molecule has 0 saturated carbocycles. The highest BCUT2D eigenvalue weighted by molar-refractivity contribution is 9.10. The highest BCUT2D eigenvalue weighted by atomic mass is 79.9. The van der Waals surface area contributed by atoms with Crippen LogP contribution in [0.15, 0.2) is 46.9 Å². The molecular formula is C16H12BrClN4O2. The zero-order valence-electron chi connectivity index (χ0n) is 12.3. The summed E-state index contributed by atoms with van der Waals surface area (Å²) in [6.45, 7) is 0.276. The maximum Gasteiger partial charge on any atom is 0.271 e. The van der Waals surface area contributed by atoms with Crippen LogP contribution in [0.1, 0.15) is 16.1 Å². The number of benzene rings is 2. The van der Waals surface area contributed by atoms with Gasteiger partial charge in [-0.05, 0) is 24.3 Å². The van der Waals surface area contributed by atoms with E-state index in [0.29, 0.717) is 22.0 Å². The molecule has 8 heteroatoms. The highest BCUT2D eigenvalue weighted by Crippen LogP contribution is 2.33. The number of rotatable bonds is 5. The van der Waals surface area contributed by atoms with Crippen LogP contribution in [0.3, 0.4) is 0 Å². The zero-order valence-corrected chi connectivity index (χ0v) is 14.6. The minimum Gasteiger partial charge on any atom is -0.488 e. The number of carbonyl (C=O) groups excluding carboxylic acids is 1. The number of nitrogens with two attached hydrogens (primary N) is 1. The van der Waals surface area contributed by atoms with Crippen LogP contribution in [0.25, 0.3) is 11.3 Å². The Bertz CT molecular complexity index is 897. The molecule has 1 aromatic heterocycles. The first-order valence-electron chi connectivity index (χ1n) is 6.93. The smallest absolute Gasteiger partial charge is 0.271 e. The third-order valence-corrected chi connectivity index (χ3v) is 4.18. The van der Waals surface area contributed by atoms with Crippen molar-refractivity contribution in [2.45, 2.75) is 6.61 Å². The van der Waals surface area contributed by atoms with Gasteiger partial charge in [0.1, 0.15) is 18.1 Å². The van der Waals surface area contributed by atoms with E-state index >= 15 is 0 Å². The average molecular weight is 408 g/mol. The number of nitrogens with zero attached hydrogens (tertiary/aromatic N) is 2. The topological polar surface area (TPSA) is 93.9 Å². The van der Waals surface area contributed by atoms with Gasteiger partial charge in [0.25, 0.3) is 5.91 Å². The summed E-state index contributed by atoms with van der Waals surface area (Å²) < 4.78 is 6.69. The van der Waals surface area contributed by atoms with Crippen molar-refractivity contribution in [3.8, 4) is 17.0 Å². The number of hydrogen-bond acceptors (Lipinski definition) is 4. The van der Waals surface area contributed by atoms with E-state index < -0.39 is 5.91 Å². The molecule has 2 aromatic carbocycles. The van der Waals surface area contributed by atoms with Gasteiger partial charge in [-0.25, -0.2) is 0 Å². The number of nitrogens with one attached hydrogen (secondary N) is 1. The number of H-pyrrole nitrogens is 1.